The summed E-state index contributed by atoms with van der Waals surface area (Å²) in [5, 5.41) is 3.89. The lowest BCUT2D eigenvalue weighted by Crippen LogP contribution is -2.41. The Balaban J connectivity index is 1.35. The summed E-state index contributed by atoms with van der Waals surface area (Å²) in [5.41, 5.74) is 2.83. The van der Waals surface area contributed by atoms with Crippen molar-refractivity contribution in [2.24, 2.45) is 0 Å². The summed E-state index contributed by atoms with van der Waals surface area (Å²) in [6.07, 6.45) is 1.74. The van der Waals surface area contributed by atoms with Crippen LogP contribution in [0.3, 0.4) is 0 Å². The molecule has 0 bridgehead atoms. The zero-order valence-electron chi connectivity index (χ0n) is 14.0. The molecule has 0 saturated heterocycles. The molecule has 0 unspecified atom stereocenters. The van der Waals surface area contributed by atoms with Gasteiger partial charge in [0, 0.05) is 10.9 Å². The zero-order valence-corrected chi connectivity index (χ0v) is 14.0. The Kier molecular flexibility index (Phi) is 4.06. The lowest BCUT2D eigenvalue weighted by Gasteiger charge is -2.26. The molecule has 1 atom stereocenters. The van der Waals surface area contributed by atoms with Crippen molar-refractivity contribution < 1.29 is 18.7 Å². The molecule has 1 aromatic heterocycles. The van der Waals surface area contributed by atoms with E-state index in [1.165, 1.54) is 0 Å². The topological polar surface area (TPSA) is 60.7 Å². The van der Waals surface area contributed by atoms with E-state index in [1.807, 2.05) is 49.4 Å². The number of carbonyl (C=O) groups is 1. The molecular weight excluding hydrogens is 318 g/mol. The second-order valence-electron chi connectivity index (χ2n) is 6.24. The first-order valence-electron chi connectivity index (χ1n) is 8.31. The highest BCUT2D eigenvalue weighted by Gasteiger charge is 2.21. The fourth-order valence-corrected chi connectivity index (χ4v) is 2.95. The number of rotatable bonds is 4. The Morgan fingerprint density at radius 2 is 2.04 bits per heavy atom. The molecule has 1 amide bonds. The first-order valence-corrected chi connectivity index (χ1v) is 8.31. The average molecular weight is 337 g/mol. The summed E-state index contributed by atoms with van der Waals surface area (Å²) in [4.78, 5) is 12.3. The predicted molar refractivity (Wildman–Crippen MR) is 94.0 cm³/mol. The van der Waals surface area contributed by atoms with Crippen LogP contribution in [0, 0.1) is 6.92 Å². The van der Waals surface area contributed by atoms with Crippen LogP contribution in [0.25, 0.3) is 11.0 Å². The number of amides is 1. The van der Waals surface area contributed by atoms with Crippen molar-refractivity contribution >= 4 is 16.9 Å². The van der Waals surface area contributed by atoms with Gasteiger partial charge in [-0.3, -0.25) is 4.79 Å². The van der Waals surface area contributed by atoms with E-state index < -0.39 is 0 Å². The fourth-order valence-electron chi connectivity index (χ4n) is 2.95. The number of furan rings is 1. The van der Waals surface area contributed by atoms with Crippen molar-refractivity contribution in [1.29, 1.82) is 0 Å². The maximum Gasteiger partial charge on any atom is 0.224 e. The lowest BCUT2D eigenvalue weighted by molar-refractivity contribution is -0.120. The van der Waals surface area contributed by atoms with Gasteiger partial charge < -0.3 is 19.2 Å². The van der Waals surface area contributed by atoms with Gasteiger partial charge in [0.25, 0.3) is 0 Å². The van der Waals surface area contributed by atoms with Gasteiger partial charge in [-0.2, -0.15) is 0 Å². The second-order valence-corrected chi connectivity index (χ2v) is 6.24. The molecule has 0 spiro atoms. The van der Waals surface area contributed by atoms with Gasteiger partial charge in [0.05, 0.1) is 19.2 Å². The summed E-state index contributed by atoms with van der Waals surface area (Å²) in [6.45, 7) is 2.84. The third kappa shape index (κ3) is 3.31. The minimum absolute atomic E-state index is 0.0641. The van der Waals surface area contributed by atoms with Crippen LogP contribution < -0.4 is 14.8 Å². The van der Waals surface area contributed by atoms with Gasteiger partial charge in [-0.1, -0.05) is 24.3 Å². The number of hydrogen-bond acceptors (Lipinski definition) is 4. The maximum atomic E-state index is 12.3. The summed E-state index contributed by atoms with van der Waals surface area (Å²) >= 11 is 0. The van der Waals surface area contributed by atoms with Crippen molar-refractivity contribution in [2.45, 2.75) is 19.4 Å². The summed E-state index contributed by atoms with van der Waals surface area (Å²) < 4.78 is 17.0. The molecule has 3 aromatic rings. The molecular formula is C20H19NO4. The Hall–Kier alpha value is -2.95. The third-order valence-electron chi connectivity index (χ3n) is 4.26. The Bertz CT molecular complexity index is 915. The van der Waals surface area contributed by atoms with Crippen LogP contribution in [0.5, 0.6) is 11.5 Å². The number of carbonyl (C=O) groups excluding carboxylic acids is 1. The van der Waals surface area contributed by atoms with Crippen LogP contribution in [0.15, 0.2) is 53.1 Å². The van der Waals surface area contributed by atoms with Gasteiger partial charge in [-0.25, -0.2) is 0 Å². The van der Waals surface area contributed by atoms with E-state index in [-0.39, 0.29) is 18.4 Å². The first kappa shape index (κ1) is 15.6. The van der Waals surface area contributed by atoms with Crippen molar-refractivity contribution in [3.63, 3.8) is 0 Å². The first-order chi connectivity index (χ1) is 12.2. The highest BCUT2D eigenvalue weighted by Crippen LogP contribution is 2.30. The van der Waals surface area contributed by atoms with E-state index in [0.29, 0.717) is 18.9 Å². The van der Waals surface area contributed by atoms with Crippen molar-refractivity contribution in [3.05, 3.63) is 59.9 Å². The van der Waals surface area contributed by atoms with Gasteiger partial charge in [-0.15, -0.1) is 0 Å². The van der Waals surface area contributed by atoms with E-state index in [0.717, 1.165) is 27.8 Å². The van der Waals surface area contributed by atoms with Gasteiger partial charge >= 0.3 is 0 Å². The molecule has 2 aromatic carbocycles. The number of ether oxygens (including phenoxy) is 2. The minimum atomic E-state index is -0.192. The summed E-state index contributed by atoms with van der Waals surface area (Å²) in [5.74, 6) is 1.39. The van der Waals surface area contributed by atoms with E-state index >= 15 is 0 Å². The fraction of sp³-hybridized carbons (Fsp3) is 0.250. The smallest absolute Gasteiger partial charge is 0.224 e. The van der Waals surface area contributed by atoms with Crippen LogP contribution in [0.2, 0.25) is 0 Å². The molecule has 5 nitrogen and oxygen atoms in total. The maximum absolute atomic E-state index is 12.3. The molecule has 25 heavy (non-hydrogen) atoms. The summed E-state index contributed by atoms with van der Waals surface area (Å²) in [6, 6.07) is 13.5. The van der Waals surface area contributed by atoms with Crippen LogP contribution in [-0.4, -0.2) is 25.2 Å². The molecule has 0 radical (unpaired) electrons. The Morgan fingerprint density at radius 3 is 2.92 bits per heavy atom. The Labute approximate surface area is 145 Å². The second kappa shape index (κ2) is 6.51. The van der Waals surface area contributed by atoms with Crippen LogP contribution >= 0.6 is 0 Å². The molecule has 0 aliphatic carbocycles. The molecule has 1 aliphatic rings. The third-order valence-corrected chi connectivity index (χ3v) is 4.26. The van der Waals surface area contributed by atoms with E-state index in [9.17, 15) is 4.79 Å². The van der Waals surface area contributed by atoms with E-state index in [4.69, 9.17) is 13.9 Å². The lowest BCUT2D eigenvalue weighted by atomic mass is 10.1. The number of benzene rings is 2. The normalized spacial score (nSPS) is 16.0. The monoisotopic (exact) mass is 337 g/mol. The molecule has 5 heteroatoms. The number of hydrogen-bond donors (Lipinski definition) is 1. The predicted octanol–water partition coefficient (Wildman–Crippen LogP) is 3.24. The minimum Gasteiger partial charge on any atom is -0.486 e. The molecule has 0 fully saturated rings. The average Bonchev–Trinajstić information content (AvgIpc) is 3.01. The van der Waals surface area contributed by atoms with Crippen molar-refractivity contribution in [1.82, 2.24) is 5.32 Å². The summed E-state index contributed by atoms with van der Waals surface area (Å²) in [7, 11) is 0. The highest BCUT2D eigenvalue weighted by molar-refractivity contribution is 5.87. The molecule has 2 heterocycles. The van der Waals surface area contributed by atoms with Gasteiger partial charge in [0.2, 0.25) is 5.91 Å². The number of fused-ring (bicyclic) bond motifs is 2. The SMILES string of the molecule is Cc1ccc2c(CC(=O)NC[C@H]3COc4ccccc4O3)coc2c1. The zero-order chi connectivity index (χ0) is 17.2. The van der Waals surface area contributed by atoms with Crippen LogP contribution in [0.1, 0.15) is 11.1 Å². The molecule has 4 rings (SSSR count). The van der Waals surface area contributed by atoms with E-state index in [1.54, 1.807) is 6.26 Å². The standard InChI is InChI=1S/C20H19NO4/c1-13-6-7-16-14(11-23-19(16)8-13)9-20(22)21-10-15-12-24-17-4-2-3-5-18(17)25-15/h2-8,11,15H,9-10,12H2,1H3,(H,21,22)/t15-/m0/s1. The molecule has 1 N–H and O–H groups in total. The van der Waals surface area contributed by atoms with Crippen LogP contribution in [0.4, 0.5) is 0 Å². The molecule has 0 saturated carbocycles. The van der Waals surface area contributed by atoms with Gasteiger partial charge in [0.1, 0.15) is 18.3 Å². The number of nitrogens with one attached hydrogen (secondary N) is 1. The molecule has 128 valence electrons. The molecule has 1 aliphatic heterocycles. The van der Waals surface area contributed by atoms with Gasteiger partial charge in [-0.05, 0) is 30.7 Å². The van der Waals surface area contributed by atoms with E-state index in [2.05, 4.69) is 5.32 Å². The quantitative estimate of drug-likeness (QED) is 0.794. The number of para-hydroxylation sites is 2. The van der Waals surface area contributed by atoms with Gasteiger partial charge in [0.15, 0.2) is 11.5 Å². The Morgan fingerprint density at radius 1 is 1.20 bits per heavy atom. The highest BCUT2D eigenvalue weighted by atomic mass is 16.6. The largest absolute Gasteiger partial charge is 0.486 e. The van der Waals surface area contributed by atoms with Crippen molar-refractivity contribution in [2.75, 3.05) is 13.2 Å². The van der Waals surface area contributed by atoms with Crippen molar-refractivity contribution in [3.8, 4) is 11.5 Å². The number of aryl methyl sites for hydroxylation is 1. The van der Waals surface area contributed by atoms with Crippen LogP contribution in [-0.2, 0) is 11.2 Å².